The van der Waals surface area contributed by atoms with E-state index in [9.17, 15) is 26.8 Å². The van der Waals surface area contributed by atoms with Crippen molar-refractivity contribution in [1.29, 1.82) is 0 Å². The summed E-state index contributed by atoms with van der Waals surface area (Å²) in [6.45, 7) is 0.147. The number of amides is 1. The summed E-state index contributed by atoms with van der Waals surface area (Å²) in [6, 6.07) is 2.47. The Bertz CT molecular complexity index is 1190. The van der Waals surface area contributed by atoms with Gasteiger partial charge in [0.1, 0.15) is 5.00 Å². The van der Waals surface area contributed by atoms with Gasteiger partial charge < -0.3 is 10.1 Å². The maximum Gasteiger partial charge on any atom is 0.341 e. The molecule has 1 fully saturated rings. The second kappa shape index (κ2) is 9.47. The van der Waals surface area contributed by atoms with Crippen LogP contribution in [0.1, 0.15) is 46.5 Å². The van der Waals surface area contributed by atoms with Crippen LogP contribution in [0.15, 0.2) is 23.1 Å². The largest absolute Gasteiger partial charge is 0.465 e. The summed E-state index contributed by atoms with van der Waals surface area (Å²) in [5, 5.41) is 3.35. The monoisotopic (exact) mass is 498 g/mol. The van der Waals surface area contributed by atoms with Crippen LogP contribution in [-0.2, 0) is 32.4 Å². The highest BCUT2D eigenvalue weighted by molar-refractivity contribution is 7.89. The first kappa shape index (κ1) is 23.8. The number of thiophene rings is 1. The highest BCUT2D eigenvalue weighted by Gasteiger charge is 2.34. The molecule has 1 N–H and O–H groups in total. The number of hydrogen-bond donors (Lipinski definition) is 1. The van der Waals surface area contributed by atoms with E-state index in [0.717, 1.165) is 48.3 Å². The molecule has 1 aliphatic carbocycles. The zero-order chi connectivity index (χ0) is 23.8. The molecule has 1 aliphatic heterocycles. The molecule has 2 aromatic rings. The van der Waals surface area contributed by atoms with E-state index >= 15 is 0 Å². The number of methoxy groups -OCH3 is 1. The van der Waals surface area contributed by atoms with E-state index in [1.54, 1.807) is 0 Å². The molecule has 4 rings (SSSR count). The molecule has 0 radical (unpaired) electrons. The van der Waals surface area contributed by atoms with Gasteiger partial charge in [0, 0.05) is 23.9 Å². The lowest BCUT2D eigenvalue weighted by Gasteiger charge is -2.30. The Morgan fingerprint density at radius 3 is 2.48 bits per heavy atom. The van der Waals surface area contributed by atoms with E-state index in [1.807, 2.05) is 0 Å². The molecule has 0 spiro atoms. The Morgan fingerprint density at radius 1 is 1.12 bits per heavy atom. The molecule has 0 saturated carbocycles. The SMILES string of the molecule is COC(=O)c1c(NC(=O)C2CCN(S(=O)(=O)c3ccc(F)c(F)c3)CC2)sc2c1CCCC2. The van der Waals surface area contributed by atoms with Crippen LogP contribution >= 0.6 is 11.3 Å². The van der Waals surface area contributed by atoms with E-state index in [2.05, 4.69) is 5.32 Å². The van der Waals surface area contributed by atoms with E-state index < -0.39 is 33.5 Å². The van der Waals surface area contributed by atoms with Gasteiger partial charge in [0.15, 0.2) is 11.6 Å². The second-order valence-corrected chi connectivity index (χ2v) is 11.2. The lowest BCUT2D eigenvalue weighted by atomic mass is 9.95. The van der Waals surface area contributed by atoms with Crippen LogP contribution in [0.5, 0.6) is 0 Å². The number of fused-ring (bicyclic) bond motifs is 1. The van der Waals surface area contributed by atoms with Crippen LogP contribution in [-0.4, -0.2) is 44.8 Å². The predicted molar refractivity (Wildman–Crippen MR) is 119 cm³/mol. The molecule has 1 aromatic carbocycles. The Balaban J connectivity index is 1.45. The van der Waals surface area contributed by atoms with Gasteiger partial charge >= 0.3 is 5.97 Å². The van der Waals surface area contributed by atoms with Crippen molar-refractivity contribution in [3.8, 4) is 0 Å². The van der Waals surface area contributed by atoms with Crippen molar-refractivity contribution in [1.82, 2.24) is 4.31 Å². The van der Waals surface area contributed by atoms with Crippen LogP contribution in [0.2, 0.25) is 0 Å². The number of carbonyl (C=O) groups excluding carboxylic acids is 2. The van der Waals surface area contributed by atoms with Crippen molar-refractivity contribution in [2.45, 2.75) is 43.4 Å². The number of rotatable bonds is 5. The molecule has 11 heteroatoms. The Morgan fingerprint density at radius 2 is 1.82 bits per heavy atom. The quantitative estimate of drug-likeness (QED) is 0.634. The number of carbonyl (C=O) groups is 2. The molecule has 1 amide bonds. The molecule has 2 aliphatic rings. The fourth-order valence-electron chi connectivity index (χ4n) is 4.33. The van der Waals surface area contributed by atoms with Gasteiger partial charge in [-0.2, -0.15) is 4.31 Å². The van der Waals surface area contributed by atoms with Crippen molar-refractivity contribution in [3.05, 3.63) is 45.8 Å². The summed E-state index contributed by atoms with van der Waals surface area (Å²) in [5.41, 5.74) is 1.37. The van der Waals surface area contributed by atoms with Gasteiger partial charge in [-0.3, -0.25) is 4.79 Å². The van der Waals surface area contributed by atoms with Crippen molar-refractivity contribution in [2.24, 2.45) is 5.92 Å². The number of piperidine rings is 1. The lowest BCUT2D eigenvalue weighted by molar-refractivity contribution is -0.120. The van der Waals surface area contributed by atoms with Gasteiger partial charge in [-0.05, 0) is 62.3 Å². The normalized spacial score (nSPS) is 17.4. The van der Waals surface area contributed by atoms with Gasteiger partial charge in [-0.1, -0.05) is 0 Å². The summed E-state index contributed by atoms with van der Waals surface area (Å²) >= 11 is 1.40. The minimum Gasteiger partial charge on any atom is -0.465 e. The van der Waals surface area contributed by atoms with Crippen molar-refractivity contribution in [2.75, 3.05) is 25.5 Å². The van der Waals surface area contributed by atoms with Crippen LogP contribution in [0.25, 0.3) is 0 Å². The van der Waals surface area contributed by atoms with Crippen LogP contribution in [0.4, 0.5) is 13.8 Å². The third-order valence-electron chi connectivity index (χ3n) is 6.15. The number of anilines is 1. The van der Waals surface area contributed by atoms with E-state index in [4.69, 9.17) is 4.74 Å². The molecule has 0 unspecified atom stereocenters. The molecule has 7 nitrogen and oxygen atoms in total. The molecular weight excluding hydrogens is 474 g/mol. The average molecular weight is 499 g/mol. The van der Waals surface area contributed by atoms with Crippen molar-refractivity contribution in [3.63, 3.8) is 0 Å². The predicted octanol–water partition coefficient (Wildman–Crippen LogP) is 3.73. The summed E-state index contributed by atoms with van der Waals surface area (Å²) in [7, 11) is -2.69. The number of ether oxygens (including phenoxy) is 1. The summed E-state index contributed by atoms with van der Waals surface area (Å²) in [4.78, 5) is 26.1. The minimum atomic E-state index is -4.00. The Hall–Kier alpha value is -2.37. The van der Waals surface area contributed by atoms with Crippen LogP contribution < -0.4 is 5.32 Å². The highest BCUT2D eigenvalue weighted by atomic mass is 32.2. The zero-order valence-corrected chi connectivity index (χ0v) is 19.7. The summed E-state index contributed by atoms with van der Waals surface area (Å²) in [5.74, 6) is -3.54. The average Bonchev–Trinajstić information content (AvgIpc) is 3.18. The first-order valence-electron chi connectivity index (χ1n) is 10.7. The molecule has 2 heterocycles. The van der Waals surface area contributed by atoms with Gasteiger partial charge in [0.2, 0.25) is 15.9 Å². The standard InChI is InChI=1S/C22H24F2N2O5S2/c1-31-22(28)19-15-4-2-3-5-18(15)32-21(19)25-20(27)13-8-10-26(11-9-13)33(29,30)14-6-7-16(23)17(24)12-14/h6-7,12-13H,2-5,8-11H2,1H3,(H,25,27). The van der Waals surface area contributed by atoms with Crippen LogP contribution in [0.3, 0.4) is 0 Å². The van der Waals surface area contributed by atoms with E-state index in [-0.39, 0.29) is 36.7 Å². The smallest absolute Gasteiger partial charge is 0.341 e. The number of nitrogens with zero attached hydrogens (tertiary/aromatic N) is 1. The Labute approximate surface area is 194 Å². The minimum absolute atomic E-state index is 0.0736. The Kier molecular flexibility index (Phi) is 6.83. The number of esters is 1. The summed E-state index contributed by atoms with van der Waals surface area (Å²) < 4.78 is 58.3. The molecule has 1 saturated heterocycles. The second-order valence-electron chi connectivity index (χ2n) is 8.15. The highest BCUT2D eigenvalue weighted by Crippen LogP contribution is 2.39. The third-order valence-corrected chi connectivity index (χ3v) is 9.25. The number of sulfonamides is 1. The molecule has 0 atom stereocenters. The van der Waals surface area contributed by atoms with Gasteiger partial charge in [0.25, 0.3) is 0 Å². The van der Waals surface area contributed by atoms with Gasteiger partial charge in [0.05, 0.1) is 17.6 Å². The molecular formula is C22H24F2N2O5S2. The summed E-state index contributed by atoms with van der Waals surface area (Å²) in [6.07, 6.45) is 4.19. The zero-order valence-electron chi connectivity index (χ0n) is 18.0. The maximum absolute atomic E-state index is 13.5. The number of aryl methyl sites for hydroxylation is 1. The molecule has 0 bridgehead atoms. The molecule has 1 aromatic heterocycles. The van der Waals surface area contributed by atoms with Crippen molar-refractivity contribution < 1.29 is 31.5 Å². The number of benzene rings is 1. The topological polar surface area (TPSA) is 92.8 Å². The van der Waals surface area contributed by atoms with Gasteiger partial charge in [-0.15, -0.1) is 11.3 Å². The number of hydrogen-bond acceptors (Lipinski definition) is 6. The molecule has 178 valence electrons. The van der Waals surface area contributed by atoms with E-state index in [0.29, 0.717) is 16.6 Å². The number of halogens is 2. The van der Waals surface area contributed by atoms with Crippen LogP contribution in [0, 0.1) is 17.6 Å². The lowest BCUT2D eigenvalue weighted by Crippen LogP contribution is -2.41. The van der Waals surface area contributed by atoms with Gasteiger partial charge in [-0.25, -0.2) is 22.0 Å². The maximum atomic E-state index is 13.5. The number of nitrogens with one attached hydrogen (secondary N) is 1. The van der Waals surface area contributed by atoms with E-state index in [1.165, 1.54) is 22.8 Å². The fourth-order valence-corrected chi connectivity index (χ4v) is 7.09. The third kappa shape index (κ3) is 4.67. The first-order valence-corrected chi connectivity index (χ1v) is 13.0. The molecule has 33 heavy (non-hydrogen) atoms. The van der Waals surface area contributed by atoms with Crippen molar-refractivity contribution >= 4 is 38.2 Å². The first-order chi connectivity index (χ1) is 15.7. The fraction of sp³-hybridized carbons (Fsp3) is 0.455.